The van der Waals surface area contributed by atoms with Crippen molar-refractivity contribution in [2.75, 3.05) is 18.0 Å². The Hall–Kier alpha value is -3.56. The molecule has 42 heavy (non-hydrogen) atoms. The Morgan fingerprint density at radius 3 is 2.29 bits per heavy atom. The van der Waals surface area contributed by atoms with Gasteiger partial charge in [0.15, 0.2) is 0 Å². The standard InChI is InChI=1S/C32H38ClN3O5S/c1-23-8-7-9-25(20-23)21-35(24(2)32(38)34-27-10-5-4-6-11-27)31(37)22-36(28-14-12-26(33)13-15-28)42(39,40)30-18-16-29(41-3)17-19-30/h7-9,12-20,24,27H,4-6,10-11,21-22H2,1-3H3,(H,34,38)/t24-/m1/s1. The topological polar surface area (TPSA) is 96.0 Å². The van der Waals surface area contributed by atoms with Crippen LogP contribution in [-0.2, 0) is 26.2 Å². The number of nitrogens with one attached hydrogen (secondary N) is 1. The number of hydrogen-bond acceptors (Lipinski definition) is 5. The number of methoxy groups -OCH3 is 1. The third-order valence-electron chi connectivity index (χ3n) is 7.60. The summed E-state index contributed by atoms with van der Waals surface area (Å²) in [5.74, 6) is -0.251. The van der Waals surface area contributed by atoms with E-state index in [-0.39, 0.29) is 29.1 Å². The number of rotatable bonds is 11. The average molecular weight is 612 g/mol. The lowest BCUT2D eigenvalue weighted by Gasteiger charge is -2.33. The van der Waals surface area contributed by atoms with Gasteiger partial charge in [0, 0.05) is 17.6 Å². The number of carbonyl (C=O) groups is 2. The summed E-state index contributed by atoms with van der Waals surface area (Å²) in [5, 5.41) is 3.55. The Bertz CT molecular complexity index is 1470. The number of aryl methyl sites for hydroxylation is 1. The number of carbonyl (C=O) groups excluding carboxylic acids is 2. The second-order valence-electron chi connectivity index (χ2n) is 10.7. The fraction of sp³-hybridized carbons (Fsp3) is 0.375. The third kappa shape index (κ3) is 7.83. The monoisotopic (exact) mass is 611 g/mol. The van der Waals surface area contributed by atoms with Gasteiger partial charge in [0.05, 0.1) is 17.7 Å². The van der Waals surface area contributed by atoms with Crippen LogP contribution < -0.4 is 14.4 Å². The minimum atomic E-state index is -4.18. The molecule has 0 aromatic heterocycles. The molecular weight excluding hydrogens is 574 g/mol. The molecule has 1 atom stereocenters. The van der Waals surface area contributed by atoms with Crippen LogP contribution in [0.5, 0.6) is 5.75 Å². The maximum absolute atomic E-state index is 14.1. The normalized spacial score (nSPS) is 14.6. The minimum Gasteiger partial charge on any atom is -0.497 e. The molecule has 10 heteroatoms. The fourth-order valence-electron chi connectivity index (χ4n) is 5.17. The van der Waals surface area contributed by atoms with Crippen molar-refractivity contribution in [1.82, 2.24) is 10.2 Å². The first-order chi connectivity index (χ1) is 20.1. The number of nitrogens with zero attached hydrogens (tertiary/aromatic N) is 2. The summed E-state index contributed by atoms with van der Waals surface area (Å²) < 4.78 is 34.1. The van der Waals surface area contributed by atoms with Crippen LogP contribution in [0, 0.1) is 6.92 Å². The first-order valence-corrected chi connectivity index (χ1v) is 16.0. The lowest BCUT2D eigenvalue weighted by Crippen LogP contribution is -2.53. The molecule has 3 aromatic rings. The number of anilines is 1. The van der Waals surface area contributed by atoms with Gasteiger partial charge < -0.3 is 15.0 Å². The summed E-state index contributed by atoms with van der Waals surface area (Å²) in [6.45, 7) is 3.29. The summed E-state index contributed by atoms with van der Waals surface area (Å²) in [6.07, 6.45) is 5.10. The van der Waals surface area contributed by atoms with Gasteiger partial charge in [-0.15, -0.1) is 0 Å². The molecule has 0 radical (unpaired) electrons. The molecule has 3 aromatic carbocycles. The number of amides is 2. The van der Waals surface area contributed by atoms with Gasteiger partial charge in [-0.25, -0.2) is 8.42 Å². The molecule has 4 rings (SSSR count). The Morgan fingerprint density at radius 1 is 1.00 bits per heavy atom. The van der Waals surface area contributed by atoms with Crippen molar-refractivity contribution in [2.45, 2.75) is 69.5 Å². The second kappa shape index (κ2) is 14.1. The summed E-state index contributed by atoms with van der Waals surface area (Å²) in [6, 6.07) is 19.2. The Labute approximate surface area is 253 Å². The van der Waals surface area contributed by atoms with E-state index in [1.807, 2.05) is 31.2 Å². The summed E-state index contributed by atoms with van der Waals surface area (Å²) in [5.41, 5.74) is 2.14. The summed E-state index contributed by atoms with van der Waals surface area (Å²) in [4.78, 5) is 29.0. The summed E-state index contributed by atoms with van der Waals surface area (Å²) in [7, 11) is -2.69. The lowest BCUT2D eigenvalue weighted by molar-refractivity contribution is -0.139. The molecule has 1 N–H and O–H groups in total. The van der Waals surface area contributed by atoms with E-state index in [4.69, 9.17) is 16.3 Å². The second-order valence-corrected chi connectivity index (χ2v) is 13.0. The van der Waals surface area contributed by atoms with Gasteiger partial charge >= 0.3 is 0 Å². The van der Waals surface area contributed by atoms with Crippen LogP contribution in [0.25, 0.3) is 0 Å². The predicted molar refractivity (Wildman–Crippen MR) is 165 cm³/mol. The van der Waals surface area contributed by atoms with Crippen molar-refractivity contribution < 1.29 is 22.7 Å². The number of hydrogen-bond donors (Lipinski definition) is 1. The molecule has 1 saturated carbocycles. The van der Waals surface area contributed by atoms with Crippen molar-refractivity contribution >= 4 is 39.1 Å². The number of sulfonamides is 1. The van der Waals surface area contributed by atoms with E-state index >= 15 is 0 Å². The predicted octanol–water partition coefficient (Wildman–Crippen LogP) is 5.72. The van der Waals surface area contributed by atoms with Gasteiger partial charge in [-0.1, -0.05) is 60.7 Å². The highest BCUT2D eigenvalue weighted by Gasteiger charge is 2.33. The van der Waals surface area contributed by atoms with Crippen LogP contribution in [0.15, 0.2) is 77.7 Å². The Balaban J connectivity index is 1.67. The van der Waals surface area contributed by atoms with Crippen molar-refractivity contribution in [1.29, 1.82) is 0 Å². The van der Waals surface area contributed by atoms with Crippen LogP contribution in [0.2, 0.25) is 5.02 Å². The minimum absolute atomic E-state index is 0.000579. The molecule has 1 aliphatic carbocycles. The fourth-order valence-corrected chi connectivity index (χ4v) is 6.71. The van der Waals surface area contributed by atoms with Crippen LogP contribution >= 0.6 is 11.6 Å². The van der Waals surface area contributed by atoms with Crippen LogP contribution in [0.3, 0.4) is 0 Å². The average Bonchev–Trinajstić information content (AvgIpc) is 2.99. The van der Waals surface area contributed by atoms with Gasteiger partial charge in [0.2, 0.25) is 11.8 Å². The molecule has 0 bridgehead atoms. The summed E-state index contributed by atoms with van der Waals surface area (Å²) >= 11 is 6.10. The van der Waals surface area contributed by atoms with Crippen molar-refractivity contribution in [3.05, 3.63) is 88.9 Å². The number of halogens is 1. The van der Waals surface area contributed by atoms with E-state index in [9.17, 15) is 18.0 Å². The van der Waals surface area contributed by atoms with E-state index in [0.29, 0.717) is 10.8 Å². The first kappa shape index (κ1) is 31.4. The van der Waals surface area contributed by atoms with Gasteiger partial charge in [-0.2, -0.15) is 0 Å². The first-order valence-electron chi connectivity index (χ1n) is 14.2. The van der Waals surface area contributed by atoms with Crippen molar-refractivity contribution in [3.63, 3.8) is 0 Å². The van der Waals surface area contributed by atoms with Gasteiger partial charge in [0.1, 0.15) is 18.3 Å². The molecule has 1 fully saturated rings. The Kier molecular flexibility index (Phi) is 10.5. The molecule has 0 saturated heterocycles. The Morgan fingerprint density at radius 2 is 1.67 bits per heavy atom. The quantitative estimate of drug-likeness (QED) is 0.299. The highest BCUT2D eigenvalue weighted by molar-refractivity contribution is 7.92. The van der Waals surface area contributed by atoms with Crippen LogP contribution in [0.1, 0.15) is 50.2 Å². The SMILES string of the molecule is COc1ccc(S(=O)(=O)N(CC(=O)N(Cc2cccc(C)c2)[C@H](C)C(=O)NC2CCCCC2)c2ccc(Cl)cc2)cc1. The smallest absolute Gasteiger partial charge is 0.264 e. The number of ether oxygens (including phenoxy) is 1. The molecule has 0 unspecified atom stereocenters. The molecular formula is C32H38ClN3O5S. The molecule has 8 nitrogen and oxygen atoms in total. The van der Waals surface area contributed by atoms with Crippen LogP contribution in [0.4, 0.5) is 5.69 Å². The zero-order valence-corrected chi connectivity index (χ0v) is 25.8. The van der Waals surface area contributed by atoms with E-state index in [1.54, 1.807) is 43.3 Å². The van der Waals surface area contributed by atoms with Crippen molar-refractivity contribution in [2.24, 2.45) is 0 Å². The molecule has 224 valence electrons. The largest absolute Gasteiger partial charge is 0.497 e. The van der Waals surface area contributed by atoms with E-state index in [0.717, 1.165) is 47.5 Å². The van der Waals surface area contributed by atoms with E-state index in [2.05, 4.69) is 5.32 Å². The zero-order valence-electron chi connectivity index (χ0n) is 24.3. The lowest BCUT2D eigenvalue weighted by atomic mass is 9.95. The molecule has 0 spiro atoms. The number of benzene rings is 3. The highest BCUT2D eigenvalue weighted by Crippen LogP contribution is 2.27. The molecule has 2 amide bonds. The zero-order chi connectivity index (χ0) is 30.3. The molecule has 0 aliphatic heterocycles. The molecule has 0 heterocycles. The molecule has 1 aliphatic rings. The van der Waals surface area contributed by atoms with Gasteiger partial charge in [-0.05, 0) is 80.8 Å². The third-order valence-corrected chi connectivity index (χ3v) is 9.64. The van der Waals surface area contributed by atoms with Crippen LogP contribution in [-0.4, -0.2) is 50.9 Å². The maximum Gasteiger partial charge on any atom is 0.264 e. The van der Waals surface area contributed by atoms with E-state index < -0.39 is 28.5 Å². The highest BCUT2D eigenvalue weighted by atomic mass is 35.5. The van der Waals surface area contributed by atoms with E-state index in [1.165, 1.54) is 24.1 Å². The van der Waals surface area contributed by atoms with Gasteiger partial charge in [0.25, 0.3) is 10.0 Å². The maximum atomic E-state index is 14.1. The van der Waals surface area contributed by atoms with Crippen molar-refractivity contribution in [3.8, 4) is 5.75 Å². The van der Waals surface area contributed by atoms with Gasteiger partial charge in [-0.3, -0.25) is 13.9 Å².